The number of para-hydroxylation sites is 1. The van der Waals surface area contributed by atoms with Crippen LogP contribution in [0.25, 0.3) is 0 Å². The van der Waals surface area contributed by atoms with E-state index in [1.807, 2.05) is 24.3 Å². The number of carbonyl (C=O) groups is 2. The molecule has 0 aliphatic carbocycles. The van der Waals surface area contributed by atoms with Crippen molar-refractivity contribution in [2.24, 2.45) is 0 Å². The van der Waals surface area contributed by atoms with Gasteiger partial charge in [0.25, 0.3) is 5.91 Å². The second kappa shape index (κ2) is 7.56. The average Bonchev–Trinajstić information content (AvgIpc) is 2.66. The van der Waals surface area contributed by atoms with Crippen LogP contribution >= 0.6 is 0 Å². The summed E-state index contributed by atoms with van der Waals surface area (Å²) in [5, 5.41) is 3.01. The number of rotatable bonds is 3. The third kappa shape index (κ3) is 3.54. The number of benzene rings is 1. The average molecular weight is 352 g/mol. The summed E-state index contributed by atoms with van der Waals surface area (Å²) in [6.45, 7) is 3.14. The Kier molecular flexibility index (Phi) is 5.21. The third-order valence-electron chi connectivity index (χ3n) is 4.68. The van der Waals surface area contributed by atoms with E-state index in [-0.39, 0.29) is 11.9 Å². The summed E-state index contributed by atoms with van der Waals surface area (Å²) in [7, 11) is 3.48. The van der Waals surface area contributed by atoms with E-state index in [4.69, 9.17) is 0 Å². The molecule has 0 bridgehead atoms. The Morgan fingerprint density at radius 1 is 1.23 bits per heavy atom. The molecule has 0 radical (unpaired) electrons. The monoisotopic (exact) mass is 352 g/mol. The lowest BCUT2D eigenvalue weighted by Crippen LogP contribution is -2.42. The van der Waals surface area contributed by atoms with Gasteiger partial charge < -0.3 is 15.1 Å². The SMILES string of the molecule is CCc1ccccc1NC(=O)c1cncc2c1CCN(C(=O)N(C)C)C2. The molecular formula is C20H24N4O2. The number of urea groups is 1. The molecule has 136 valence electrons. The molecule has 1 aliphatic heterocycles. The second-order valence-corrected chi connectivity index (χ2v) is 6.64. The number of aromatic nitrogens is 1. The molecule has 1 aromatic carbocycles. The van der Waals surface area contributed by atoms with Crippen LogP contribution in [-0.4, -0.2) is 47.4 Å². The summed E-state index contributed by atoms with van der Waals surface area (Å²) in [5.74, 6) is -0.150. The highest BCUT2D eigenvalue weighted by atomic mass is 16.2. The minimum absolute atomic E-state index is 0.0256. The summed E-state index contributed by atoms with van der Waals surface area (Å²) in [5.41, 5.74) is 4.43. The molecule has 2 heterocycles. The van der Waals surface area contributed by atoms with Gasteiger partial charge in [-0.25, -0.2) is 4.79 Å². The molecule has 2 aromatic rings. The molecule has 0 spiro atoms. The Morgan fingerprint density at radius 2 is 2.00 bits per heavy atom. The number of nitrogens with zero attached hydrogens (tertiary/aromatic N) is 3. The molecule has 1 aliphatic rings. The van der Waals surface area contributed by atoms with Crippen LogP contribution in [-0.2, 0) is 19.4 Å². The maximum atomic E-state index is 12.8. The van der Waals surface area contributed by atoms with Crippen LogP contribution in [0.2, 0.25) is 0 Å². The van der Waals surface area contributed by atoms with Crippen molar-refractivity contribution in [1.82, 2.24) is 14.8 Å². The molecule has 1 N–H and O–H groups in total. The van der Waals surface area contributed by atoms with Gasteiger partial charge in [0, 0.05) is 45.3 Å². The quantitative estimate of drug-likeness (QED) is 0.924. The normalized spacial score (nSPS) is 13.1. The molecule has 0 unspecified atom stereocenters. The first kappa shape index (κ1) is 17.9. The summed E-state index contributed by atoms with van der Waals surface area (Å²) < 4.78 is 0. The van der Waals surface area contributed by atoms with Gasteiger partial charge in [0.15, 0.2) is 0 Å². The van der Waals surface area contributed by atoms with E-state index < -0.39 is 0 Å². The van der Waals surface area contributed by atoms with Crippen molar-refractivity contribution in [3.8, 4) is 0 Å². The maximum absolute atomic E-state index is 12.8. The van der Waals surface area contributed by atoms with E-state index in [0.717, 1.165) is 28.8 Å². The highest BCUT2D eigenvalue weighted by Crippen LogP contribution is 2.24. The molecule has 3 rings (SSSR count). The Morgan fingerprint density at radius 3 is 2.73 bits per heavy atom. The largest absolute Gasteiger partial charge is 0.331 e. The zero-order valence-corrected chi connectivity index (χ0v) is 15.5. The van der Waals surface area contributed by atoms with Gasteiger partial charge in [-0.1, -0.05) is 25.1 Å². The molecule has 6 heteroatoms. The number of amides is 3. The number of hydrogen-bond donors (Lipinski definition) is 1. The van der Waals surface area contributed by atoms with Crippen LogP contribution in [0.3, 0.4) is 0 Å². The van der Waals surface area contributed by atoms with E-state index >= 15 is 0 Å². The standard InChI is InChI=1S/C20H24N4O2/c1-4-14-7-5-6-8-18(14)22-19(25)17-12-21-11-15-13-24(10-9-16(15)17)20(26)23(2)3/h5-8,11-12H,4,9-10,13H2,1-3H3,(H,22,25). The maximum Gasteiger partial charge on any atom is 0.319 e. The lowest BCUT2D eigenvalue weighted by Gasteiger charge is -2.31. The number of fused-ring (bicyclic) bond motifs is 1. The van der Waals surface area contributed by atoms with Crippen molar-refractivity contribution < 1.29 is 9.59 Å². The van der Waals surface area contributed by atoms with Crippen LogP contribution in [0.5, 0.6) is 0 Å². The molecule has 0 atom stereocenters. The second-order valence-electron chi connectivity index (χ2n) is 6.64. The molecule has 6 nitrogen and oxygen atoms in total. The van der Waals surface area contributed by atoms with Crippen LogP contribution in [0.4, 0.5) is 10.5 Å². The van der Waals surface area contributed by atoms with Crippen LogP contribution < -0.4 is 5.32 Å². The van der Waals surface area contributed by atoms with Crippen LogP contribution in [0.1, 0.15) is 34.0 Å². The highest BCUT2D eigenvalue weighted by molar-refractivity contribution is 6.05. The van der Waals surface area contributed by atoms with E-state index in [2.05, 4.69) is 17.2 Å². The molecule has 0 saturated carbocycles. The number of anilines is 1. The minimum Gasteiger partial charge on any atom is -0.331 e. The Balaban J connectivity index is 1.83. The van der Waals surface area contributed by atoms with Crippen molar-refractivity contribution in [2.75, 3.05) is 26.0 Å². The van der Waals surface area contributed by atoms with Crippen molar-refractivity contribution in [1.29, 1.82) is 0 Å². The first-order valence-corrected chi connectivity index (χ1v) is 8.82. The van der Waals surface area contributed by atoms with Gasteiger partial charge in [0.05, 0.1) is 5.56 Å². The Labute approximate surface area is 153 Å². The molecule has 0 saturated heterocycles. The first-order valence-electron chi connectivity index (χ1n) is 8.82. The zero-order valence-electron chi connectivity index (χ0n) is 15.5. The van der Waals surface area contributed by atoms with Gasteiger partial charge in [0.1, 0.15) is 0 Å². The molecule has 1 aromatic heterocycles. The summed E-state index contributed by atoms with van der Waals surface area (Å²) >= 11 is 0. The van der Waals surface area contributed by atoms with Gasteiger partial charge in [-0.3, -0.25) is 9.78 Å². The topological polar surface area (TPSA) is 65.5 Å². The summed E-state index contributed by atoms with van der Waals surface area (Å²) in [6, 6.07) is 7.79. The van der Waals surface area contributed by atoms with E-state index in [0.29, 0.717) is 25.1 Å². The lowest BCUT2D eigenvalue weighted by molar-refractivity contribution is 0.102. The molecule has 3 amide bonds. The molecular weight excluding hydrogens is 328 g/mol. The van der Waals surface area contributed by atoms with E-state index in [1.165, 1.54) is 0 Å². The number of hydrogen-bond acceptors (Lipinski definition) is 3. The highest BCUT2D eigenvalue weighted by Gasteiger charge is 2.25. The van der Waals surface area contributed by atoms with Gasteiger partial charge in [-0.2, -0.15) is 0 Å². The van der Waals surface area contributed by atoms with Crippen LogP contribution in [0, 0.1) is 0 Å². The van der Waals surface area contributed by atoms with Crippen molar-refractivity contribution in [3.63, 3.8) is 0 Å². The van der Waals surface area contributed by atoms with Crippen molar-refractivity contribution in [2.45, 2.75) is 26.3 Å². The van der Waals surface area contributed by atoms with E-state index in [9.17, 15) is 9.59 Å². The minimum atomic E-state index is -0.150. The van der Waals surface area contributed by atoms with Gasteiger partial charge in [0.2, 0.25) is 0 Å². The fraction of sp³-hybridized carbons (Fsp3) is 0.350. The predicted molar refractivity (Wildman–Crippen MR) is 101 cm³/mol. The van der Waals surface area contributed by atoms with Crippen molar-refractivity contribution >= 4 is 17.6 Å². The third-order valence-corrected chi connectivity index (χ3v) is 4.68. The first-order chi connectivity index (χ1) is 12.5. The van der Waals surface area contributed by atoms with Gasteiger partial charge in [-0.05, 0) is 35.6 Å². The smallest absolute Gasteiger partial charge is 0.319 e. The number of aryl methyl sites for hydroxylation is 1. The van der Waals surface area contributed by atoms with E-state index in [1.54, 1.807) is 36.3 Å². The fourth-order valence-electron chi connectivity index (χ4n) is 3.28. The van der Waals surface area contributed by atoms with Crippen LogP contribution in [0.15, 0.2) is 36.7 Å². The summed E-state index contributed by atoms with van der Waals surface area (Å²) in [6.07, 6.45) is 4.87. The number of carbonyl (C=O) groups excluding carboxylic acids is 2. The van der Waals surface area contributed by atoms with Crippen molar-refractivity contribution in [3.05, 3.63) is 58.9 Å². The van der Waals surface area contributed by atoms with Gasteiger partial charge >= 0.3 is 6.03 Å². The Bertz CT molecular complexity index is 832. The fourth-order valence-corrected chi connectivity index (χ4v) is 3.28. The summed E-state index contributed by atoms with van der Waals surface area (Å²) in [4.78, 5) is 32.6. The molecule has 0 fully saturated rings. The Hall–Kier alpha value is -2.89. The molecule has 26 heavy (non-hydrogen) atoms. The zero-order chi connectivity index (χ0) is 18.7. The lowest BCUT2D eigenvalue weighted by atomic mass is 9.96. The number of pyridine rings is 1. The van der Waals surface area contributed by atoms with Gasteiger partial charge in [-0.15, -0.1) is 0 Å². The number of nitrogens with one attached hydrogen (secondary N) is 1. The predicted octanol–water partition coefficient (Wildman–Crippen LogP) is 2.94.